The number of aromatic carboxylic acids is 4. The maximum Gasteiger partial charge on any atom is 0.336 e. The molecule has 8 heteroatoms. The summed E-state index contributed by atoms with van der Waals surface area (Å²) in [6.45, 7) is 9.15. The molecule has 0 bridgehead atoms. The van der Waals surface area contributed by atoms with Crippen molar-refractivity contribution in [2.75, 3.05) is 0 Å². The average Bonchev–Trinajstić information content (AvgIpc) is 2.59. The zero-order chi connectivity index (χ0) is 23.9. The quantitative estimate of drug-likeness (QED) is 0.541. The Balaban J connectivity index is 2.98. The highest BCUT2D eigenvalue weighted by molar-refractivity contribution is 6.00. The first kappa shape index (κ1) is 23.6. The van der Waals surface area contributed by atoms with Crippen molar-refractivity contribution in [3.63, 3.8) is 0 Å². The number of carboxylic acid groups (broad SMARTS) is 4. The number of carboxylic acids is 4. The summed E-state index contributed by atoms with van der Waals surface area (Å²) in [7, 11) is 0. The van der Waals surface area contributed by atoms with Crippen molar-refractivity contribution in [1.82, 2.24) is 0 Å². The van der Waals surface area contributed by atoms with Gasteiger partial charge < -0.3 is 20.4 Å². The van der Waals surface area contributed by atoms with Crippen molar-refractivity contribution in [3.8, 4) is 0 Å². The summed E-state index contributed by atoms with van der Waals surface area (Å²) >= 11 is 0. The number of benzene rings is 2. The lowest BCUT2D eigenvalue weighted by Crippen LogP contribution is -2.18. The van der Waals surface area contributed by atoms with Crippen molar-refractivity contribution in [2.24, 2.45) is 0 Å². The van der Waals surface area contributed by atoms with Crippen LogP contribution in [0.1, 0.15) is 85.9 Å². The molecule has 0 radical (unpaired) electrons. The topological polar surface area (TPSA) is 149 Å². The van der Waals surface area contributed by atoms with Crippen molar-refractivity contribution in [3.05, 3.63) is 66.8 Å². The van der Waals surface area contributed by atoms with Crippen molar-refractivity contribution >= 4 is 23.9 Å². The highest BCUT2D eigenvalue weighted by atomic mass is 16.4. The largest absolute Gasteiger partial charge is 0.478 e. The molecule has 0 saturated heterocycles. The van der Waals surface area contributed by atoms with Crippen LogP contribution < -0.4 is 0 Å². The van der Waals surface area contributed by atoms with Crippen LogP contribution in [-0.2, 0) is 6.42 Å². The van der Waals surface area contributed by atoms with E-state index in [1.165, 1.54) is 13.8 Å². The Morgan fingerprint density at radius 2 is 0.645 bits per heavy atom. The molecule has 31 heavy (non-hydrogen) atoms. The van der Waals surface area contributed by atoms with Crippen LogP contribution in [-0.4, -0.2) is 44.3 Å². The molecule has 0 amide bonds. The number of carbonyl (C=O) groups is 4. The fourth-order valence-electron chi connectivity index (χ4n) is 4.53. The van der Waals surface area contributed by atoms with Crippen molar-refractivity contribution in [1.29, 1.82) is 0 Å². The lowest BCUT2D eigenvalue weighted by Gasteiger charge is -2.22. The third-order valence-corrected chi connectivity index (χ3v) is 6.02. The van der Waals surface area contributed by atoms with E-state index in [0.717, 1.165) is 0 Å². The molecule has 8 nitrogen and oxygen atoms in total. The molecule has 0 atom stereocenters. The fraction of sp³-hybridized carbons (Fsp3) is 0.304. The van der Waals surface area contributed by atoms with Crippen LogP contribution in [0.25, 0.3) is 0 Å². The molecule has 0 aliphatic heterocycles. The number of rotatable bonds is 6. The van der Waals surface area contributed by atoms with Gasteiger partial charge in [0.25, 0.3) is 0 Å². The average molecular weight is 428 g/mol. The minimum Gasteiger partial charge on any atom is -0.478 e. The second-order valence-electron chi connectivity index (χ2n) is 7.60. The van der Waals surface area contributed by atoms with Gasteiger partial charge in [-0.15, -0.1) is 0 Å². The molecule has 2 rings (SSSR count). The van der Waals surface area contributed by atoms with Gasteiger partial charge in [0.1, 0.15) is 0 Å². The van der Waals surface area contributed by atoms with Crippen molar-refractivity contribution in [2.45, 2.75) is 48.0 Å². The molecule has 0 saturated carbocycles. The van der Waals surface area contributed by atoms with Crippen LogP contribution >= 0.6 is 0 Å². The van der Waals surface area contributed by atoms with Gasteiger partial charge in [0.05, 0.1) is 22.3 Å². The molecule has 2 aromatic carbocycles. The Hall–Kier alpha value is -3.68. The van der Waals surface area contributed by atoms with Gasteiger partial charge >= 0.3 is 23.9 Å². The predicted molar refractivity (Wildman–Crippen MR) is 112 cm³/mol. The Morgan fingerprint density at radius 1 is 0.452 bits per heavy atom. The van der Waals surface area contributed by atoms with Crippen LogP contribution in [0.3, 0.4) is 0 Å². The summed E-state index contributed by atoms with van der Waals surface area (Å²) in [5, 5.41) is 38.7. The summed E-state index contributed by atoms with van der Waals surface area (Å²) in [6, 6.07) is 0. The van der Waals surface area contributed by atoms with E-state index in [9.17, 15) is 39.6 Å². The third-order valence-electron chi connectivity index (χ3n) is 6.02. The minimum absolute atomic E-state index is 0.00296. The van der Waals surface area contributed by atoms with Crippen LogP contribution in [0.2, 0.25) is 0 Å². The second-order valence-corrected chi connectivity index (χ2v) is 7.60. The van der Waals surface area contributed by atoms with E-state index in [1.807, 2.05) is 0 Å². The smallest absolute Gasteiger partial charge is 0.336 e. The van der Waals surface area contributed by atoms with E-state index in [1.54, 1.807) is 27.7 Å². The molecule has 0 fully saturated rings. The molecular formula is C23H24O8. The lowest BCUT2D eigenvalue weighted by atomic mass is 9.81. The van der Waals surface area contributed by atoms with Crippen LogP contribution in [0.15, 0.2) is 0 Å². The Morgan fingerprint density at radius 3 is 0.806 bits per heavy atom. The summed E-state index contributed by atoms with van der Waals surface area (Å²) in [5.74, 6) is -5.08. The zero-order valence-electron chi connectivity index (χ0n) is 18.1. The lowest BCUT2D eigenvalue weighted by molar-refractivity contribution is 0.0673. The number of hydrogen-bond acceptors (Lipinski definition) is 4. The molecule has 0 heterocycles. The van der Waals surface area contributed by atoms with Gasteiger partial charge in [-0.1, -0.05) is 0 Å². The maximum absolute atomic E-state index is 11.9. The van der Waals surface area contributed by atoms with E-state index < -0.39 is 23.9 Å². The van der Waals surface area contributed by atoms with E-state index in [0.29, 0.717) is 33.4 Å². The molecular weight excluding hydrogens is 404 g/mol. The van der Waals surface area contributed by atoms with Crippen LogP contribution in [0.4, 0.5) is 0 Å². The second kappa shape index (κ2) is 8.22. The first-order chi connectivity index (χ1) is 14.2. The first-order valence-corrected chi connectivity index (χ1v) is 9.42. The fourth-order valence-corrected chi connectivity index (χ4v) is 4.53. The van der Waals surface area contributed by atoms with Gasteiger partial charge in [-0.05, 0) is 92.5 Å². The predicted octanol–water partition coefficient (Wildman–Crippen LogP) is 3.92. The third kappa shape index (κ3) is 3.76. The molecule has 4 N–H and O–H groups in total. The highest BCUT2D eigenvalue weighted by Gasteiger charge is 2.28. The standard InChI is InChI=1S/C23H24O8/c1-8-14(9(2)17(21(26)27)12(5)16(8)20(24)25)7-15-10(3)18(22(28)29)13(6)19(11(15)4)23(30)31/h7H2,1-6H3,(H,24,25)(H,26,27)(H,28,29)(H,30,31). The molecule has 0 aliphatic carbocycles. The number of hydrogen-bond donors (Lipinski definition) is 4. The molecule has 0 aromatic heterocycles. The SMILES string of the molecule is Cc1c(Cc2c(C)c(C(=O)O)c(C)c(C(=O)O)c2C)c(C)c(C(=O)O)c(C)c1C(=O)O. The molecule has 0 aliphatic rings. The zero-order valence-corrected chi connectivity index (χ0v) is 18.1. The van der Waals surface area contributed by atoms with E-state index >= 15 is 0 Å². The first-order valence-electron chi connectivity index (χ1n) is 9.42. The van der Waals surface area contributed by atoms with Gasteiger partial charge in [-0.3, -0.25) is 0 Å². The summed E-state index contributed by atoms with van der Waals surface area (Å²) in [6.07, 6.45) is -0.00296. The Kier molecular flexibility index (Phi) is 6.25. The monoisotopic (exact) mass is 428 g/mol. The summed E-state index contributed by atoms with van der Waals surface area (Å²) in [4.78, 5) is 47.4. The van der Waals surface area contributed by atoms with E-state index in [2.05, 4.69) is 0 Å². The van der Waals surface area contributed by atoms with E-state index in [-0.39, 0.29) is 39.8 Å². The van der Waals surface area contributed by atoms with Gasteiger partial charge in [-0.2, -0.15) is 0 Å². The minimum atomic E-state index is -1.27. The van der Waals surface area contributed by atoms with Gasteiger partial charge in [-0.25, -0.2) is 19.2 Å². The summed E-state index contributed by atoms with van der Waals surface area (Å²) in [5.41, 5.74) is 2.04. The molecule has 0 spiro atoms. The Labute approximate surface area is 178 Å². The molecule has 2 aromatic rings. The van der Waals surface area contributed by atoms with Crippen LogP contribution in [0.5, 0.6) is 0 Å². The van der Waals surface area contributed by atoms with Gasteiger partial charge in [0.15, 0.2) is 0 Å². The Bertz CT molecular complexity index is 998. The van der Waals surface area contributed by atoms with Crippen molar-refractivity contribution < 1.29 is 39.6 Å². The highest BCUT2D eigenvalue weighted by Crippen LogP contribution is 2.34. The van der Waals surface area contributed by atoms with E-state index in [4.69, 9.17) is 0 Å². The summed E-state index contributed by atoms with van der Waals surface area (Å²) < 4.78 is 0. The van der Waals surface area contributed by atoms with Gasteiger partial charge in [0.2, 0.25) is 0 Å². The molecule has 164 valence electrons. The molecule has 0 unspecified atom stereocenters. The normalized spacial score (nSPS) is 10.8. The maximum atomic E-state index is 11.9. The van der Waals surface area contributed by atoms with Crippen LogP contribution in [0, 0.1) is 41.5 Å². The van der Waals surface area contributed by atoms with Gasteiger partial charge in [0, 0.05) is 0 Å².